The highest BCUT2D eigenvalue weighted by atomic mass is 35.5. The molecule has 0 bridgehead atoms. The average Bonchev–Trinajstić information content (AvgIpc) is 2.72. The van der Waals surface area contributed by atoms with Gasteiger partial charge in [0.1, 0.15) is 5.82 Å². The topological polar surface area (TPSA) is 74.9 Å². The van der Waals surface area contributed by atoms with Crippen molar-refractivity contribution in [2.45, 2.75) is 12.5 Å². The number of H-pyrrole nitrogens is 1. The van der Waals surface area contributed by atoms with Gasteiger partial charge < -0.3 is 15.8 Å². The van der Waals surface area contributed by atoms with E-state index in [1.54, 1.807) is 0 Å². The third-order valence-corrected chi connectivity index (χ3v) is 2.79. The van der Waals surface area contributed by atoms with Crippen LogP contribution in [0.3, 0.4) is 0 Å². The van der Waals surface area contributed by atoms with Gasteiger partial charge in [-0.15, -0.1) is 0 Å². The number of rotatable bonds is 4. The van der Waals surface area contributed by atoms with Crippen LogP contribution in [0, 0.1) is 0 Å². The maximum absolute atomic E-state index is 8.91. The lowest BCUT2D eigenvalue weighted by Gasteiger charge is -2.05. The van der Waals surface area contributed by atoms with Crippen LogP contribution in [-0.4, -0.2) is 27.7 Å². The van der Waals surface area contributed by atoms with Crippen molar-refractivity contribution in [2.24, 2.45) is 5.73 Å². The SMILES string of the molecule is NC(CO)Cc1[nH]c(-c2ccccc2)nc1Cl. The zero-order valence-electron chi connectivity index (χ0n) is 9.23. The highest BCUT2D eigenvalue weighted by molar-refractivity contribution is 6.30. The van der Waals surface area contributed by atoms with Crippen molar-refractivity contribution in [3.63, 3.8) is 0 Å². The van der Waals surface area contributed by atoms with Crippen LogP contribution in [0.2, 0.25) is 5.15 Å². The minimum atomic E-state index is -0.323. The first-order valence-electron chi connectivity index (χ1n) is 5.37. The predicted octanol–water partition coefficient (Wildman–Crippen LogP) is 1.59. The van der Waals surface area contributed by atoms with Crippen LogP contribution < -0.4 is 5.73 Å². The number of nitrogens with zero attached hydrogens (tertiary/aromatic N) is 1. The number of aromatic nitrogens is 2. The minimum Gasteiger partial charge on any atom is -0.395 e. The van der Waals surface area contributed by atoms with E-state index < -0.39 is 0 Å². The second-order valence-electron chi connectivity index (χ2n) is 3.87. The molecule has 1 unspecified atom stereocenters. The maximum atomic E-state index is 8.91. The molecule has 2 aromatic rings. The lowest BCUT2D eigenvalue weighted by Crippen LogP contribution is -2.27. The summed E-state index contributed by atoms with van der Waals surface area (Å²) in [7, 11) is 0. The summed E-state index contributed by atoms with van der Waals surface area (Å²) < 4.78 is 0. The molecule has 2 rings (SSSR count). The highest BCUT2D eigenvalue weighted by Gasteiger charge is 2.12. The fourth-order valence-electron chi connectivity index (χ4n) is 1.58. The third-order valence-electron chi connectivity index (χ3n) is 2.48. The quantitative estimate of drug-likeness (QED) is 0.773. The van der Waals surface area contributed by atoms with Crippen LogP contribution in [0.4, 0.5) is 0 Å². The van der Waals surface area contributed by atoms with Gasteiger partial charge in [-0.1, -0.05) is 41.9 Å². The van der Waals surface area contributed by atoms with Crippen LogP contribution in [-0.2, 0) is 6.42 Å². The summed E-state index contributed by atoms with van der Waals surface area (Å²) in [6, 6.07) is 9.39. The lowest BCUT2D eigenvalue weighted by molar-refractivity contribution is 0.264. The number of aromatic amines is 1. The fraction of sp³-hybridized carbons (Fsp3) is 0.250. The van der Waals surface area contributed by atoms with E-state index in [1.165, 1.54) is 0 Å². The van der Waals surface area contributed by atoms with Crippen LogP contribution in [0.15, 0.2) is 30.3 Å². The normalized spacial score (nSPS) is 12.6. The first kappa shape index (κ1) is 12.1. The number of hydrogen-bond acceptors (Lipinski definition) is 3. The Morgan fingerprint density at radius 3 is 2.71 bits per heavy atom. The van der Waals surface area contributed by atoms with Crippen LogP contribution in [0.25, 0.3) is 11.4 Å². The van der Waals surface area contributed by atoms with Gasteiger partial charge in [0.05, 0.1) is 12.3 Å². The molecule has 0 radical (unpaired) electrons. The summed E-state index contributed by atoms with van der Waals surface area (Å²) in [4.78, 5) is 7.37. The van der Waals surface area contributed by atoms with Crippen LogP contribution >= 0.6 is 11.6 Å². The first-order valence-corrected chi connectivity index (χ1v) is 5.74. The Kier molecular flexibility index (Phi) is 3.78. The molecule has 4 nitrogen and oxygen atoms in total. The van der Waals surface area contributed by atoms with Crippen molar-refractivity contribution >= 4 is 11.6 Å². The molecule has 4 N–H and O–H groups in total. The number of halogens is 1. The second-order valence-corrected chi connectivity index (χ2v) is 4.23. The second kappa shape index (κ2) is 5.31. The number of aliphatic hydroxyl groups is 1. The van der Waals surface area contributed by atoms with Gasteiger partial charge in [-0.25, -0.2) is 4.98 Å². The predicted molar refractivity (Wildman–Crippen MR) is 67.8 cm³/mol. The lowest BCUT2D eigenvalue weighted by atomic mass is 10.2. The molecular weight excluding hydrogens is 238 g/mol. The molecule has 0 aliphatic carbocycles. The van der Waals surface area contributed by atoms with Crippen molar-refractivity contribution in [1.29, 1.82) is 0 Å². The zero-order chi connectivity index (χ0) is 12.3. The molecular formula is C12H14ClN3O. The van der Waals surface area contributed by atoms with Gasteiger partial charge in [-0.2, -0.15) is 0 Å². The van der Waals surface area contributed by atoms with Crippen molar-refractivity contribution in [3.8, 4) is 11.4 Å². The summed E-state index contributed by atoms with van der Waals surface area (Å²) in [5, 5.41) is 9.32. The summed E-state index contributed by atoms with van der Waals surface area (Å²) in [6.07, 6.45) is 0.481. The van der Waals surface area contributed by atoms with Crippen LogP contribution in [0.5, 0.6) is 0 Å². The largest absolute Gasteiger partial charge is 0.395 e. The fourth-order valence-corrected chi connectivity index (χ4v) is 1.79. The Labute approximate surface area is 104 Å². The summed E-state index contributed by atoms with van der Waals surface area (Å²) in [5.74, 6) is 0.718. The molecule has 0 aliphatic rings. The van der Waals surface area contributed by atoms with Crippen LogP contribution in [0.1, 0.15) is 5.69 Å². The summed E-state index contributed by atoms with van der Waals surface area (Å²) in [5.41, 5.74) is 7.39. The van der Waals surface area contributed by atoms with E-state index in [-0.39, 0.29) is 12.6 Å². The molecule has 90 valence electrons. The van der Waals surface area contributed by atoms with E-state index >= 15 is 0 Å². The molecule has 1 atom stereocenters. The number of nitrogens with two attached hydrogens (primary N) is 1. The molecule has 0 aliphatic heterocycles. The Hall–Kier alpha value is -1.36. The Bertz CT molecular complexity index is 484. The van der Waals surface area contributed by atoms with Gasteiger partial charge in [0, 0.05) is 18.0 Å². The summed E-state index contributed by atoms with van der Waals surface area (Å²) in [6.45, 7) is -0.0734. The Morgan fingerprint density at radius 2 is 2.06 bits per heavy atom. The average molecular weight is 252 g/mol. The van der Waals surface area contributed by atoms with Gasteiger partial charge in [0.25, 0.3) is 0 Å². The van der Waals surface area contributed by atoms with Crippen molar-refractivity contribution in [2.75, 3.05) is 6.61 Å². The minimum absolute atomic E-state index is 0.0734. The molecule has 1 heterocycles. The molecule has 17 heavy (non-hydrogen) atoms. The van der Waals surface area contributed by atoms with Gasteiger partial charge in [0.15, 0.2) is 5.15 Å². The molecule has 1 aromatic carbocycles. The number of nitrogens with one attached hydrogen (secondary N) is 1. The molecule has 0 saturated carbocycles. The standard InChI is InChI=1S/C12H14ClN3O/c13-11-10(6-9(14)7-17)15-12(16-11)8-4-2-1-3-5-8/h1-5,9,17H,6-7,14H2,(H,15,16). The molecule has 1 aromatic heterocycles. The zero-order valence-corrected chi connectivity index (χ0v) is 9.98. The maximum Gasteiger partial charge on any atom is 0.150 e. The summed E-state index contributed by atoms with van der Waals surface area (Å²) >= 11 is 6.02. The number of benzene rings is 1. The highest BCUT2D eigenvalue weighted by Crippen LogP contribution is 2.21. The smallest absolute Gasteiger partial charge is 0.150 e. The van der Waals surface area contributed by atoms with Crippen molar-refractivity contribution in [3.05, 3.63) is 41.2 Å². The van der Waals surface area contributed by atoms with E-state index in [0.29, 0.717) is 11.6 Å². The van der Waals surface area contributed by atoms with E-state index in [0.717, 1.165) is 17.1 Å². The van der Waals surface area contributed by atoms with E-state index in [2.05, 4.69) is 9.97 Å². The Morgan fingerprint density at radius 1 is 1.35 bits per heavy atom. The molecule has 5 heteroatoms. The van der Waals surface area contributed by atoms with E-state index in [9.17, 15) is 0 Å². The first-order chi connectivity index (χ1) is 8.20. The van der Waals surface area contributed by atoms with Gasteiger partial charge in [0.2, 0.25) is 0 Å². The Balaban J connectivity index is 2.25. The molecule has 0 spiro atoms. The van der Waals surface area contributed by atoms with Gasteiger partial charge >= 0.3 is 0 Å². The third kappa shape index (κ3) is 2.85. The monoisotopic (exact) mass is 251 g/mol. The van der Waals surface area contributed by atoms with Gasteiger partial charge in [-0.3, -0.25) is 0 Å². The number of imidazole rings is 1. The van der Waals surface area contributed by atoms with Crippen molar-refractivity contribution < 1.29 is 5.11 Å². The van der Waals surface area contributed by atoms with E-state index in [4.69, 9.17) is 22.4 Å². The number of hydrogen-bond donors (Lipinski definition) is 3. The molecule has 0 amide bonds. The van der Waals surface area contributed by atoms with E-state index in [1.807, 2.05) is 30.3 Å². The van der Waals surface area contributed by atoms with Crippen molar-refractivity contribution in [1.82, 2.24) is 9.97 Å². The molecule has 0 fully saturated rings. The number of aliphatic hydroxyl groups excluding tert-OH is 1. The molecule has 0 saturated heterocycles. The van der Waals surface area contributed by atoms with Gasteiger partial charge in [-0.05, 0) is 0 Å².